The maximum Gasteiger partial charge on any atom is 0.194 e. The van der Waals surface area contributed by atoms with Gasteiger partial charge in [0, 0.05) is 27.8 Å². The molecule has 0 saturated heterocycles. The van der Waals surface area contributed by atoms with Gasteiger partial charge in [-0.25, -0.2) is 0 Å². The first-order chi connectivity index (χ1) is 11.2. The quantitative estimate of drug-likeness (QED) is 0.581. The number of phenolic OH excluding ortho intramolecular Hbond substituents is 1. The lowest BCUT2D eigenvalue weighted by Gasteiger charge is -2.18. The molecule has 3 heteroatoms. The van der Waals surface area contributed by atoms with E-state index in [4.69, 9.17) is 0 Å². The van der Waals surface area contributed by atoms with Gasteiger partial charge in [0.2, 0.25) is 0 Å². The van der Waals surface area contributed by atoms with Crippen LogP contribution in [0, 0.1) is 0 Å². The number of hydrogen-bond donors (Lipinski definition) is 1. The van der Waals surface area contributed by atoms with Crippen molar-refractivity contribution in [3.8, 4) is 16.9 Å². The second-order valence-corrected chi connectivity index (χ2v) is 5.48. The van der Waals surface area contributed by atoms with Crippen molar-refractivity contribution in [1.29, 1.82) is 0 Å². The molecular weight excluding hydrogens is 288 g/mol. The van der Waals surface area contributed by atoms with E-state index >= 15 is 0 Å². The Hall–Kier alpha value is -3.20. The molecule has 0 spiro atoms. The van der Waals surface area contributed by atoms with Gasteiger partial charge in [-0.15, -0.1) is 0 Å². The van der Waals surface area contributed by atoms with E-state index < -0.39 is 0 Å². The van der Waals surface area contributed by atoms with Crippen LogP contribution in [0.1, 0.15) is 31.8 Å². The van der Waals surface area contributed by atoms with Gasteiger partial charge < -0.3 is 5.11 Å². The molecule has 0 fully saturated rings. The third-order valence-electron chi connectivity index (χ3n) is 4.14. The molecule has 3 nitrogen and oxygen atoms in total. The first-order valence-electron chi connectivity index (χ1n) is 7.27. The van der Waals surface area contributed by atoms with E-state index in [1.807, 2.05) is 6.07 Å². The van der Waals surface area contributed by atoms with Crippen LogP contribution >= 0.6 is 0 Å². The number of rotatable bonds is 1. The van der Waals surface area contributed by atoms with Gasteiger partial charge in [0.15, 0.2) is 11.6 Å². The van der Waals surface area contributed by atoms with Gasteiger partial charge in [-0.3, -0.25) is 9.59 Å². The minimum absolute atomic E-state index is 0.140. The highest BCUT2D eigenvalue weighted by atomic mass is 16.3. The summed E-state index contributed by atoms with van der Waals surface area (Å²) in [6.07, 6.45) is 0. The summed E-state index contributed by atoms with van der Waals surface area (Å²) in [4.78, 5) is 25.3. The minimum atomic E-state index is -0.160. The molecule has 0 aromatic heterocycles. The number of carbonyl (C=O) groups excluding carboxylic acids is 2. The number of fused-ring (bicyclic) bond motifs is 2. The molecule has 0 aliphatic heterocycles. The van der Waals surface area contributed by atoms with Crippen molar-refractivity contribution in [1.82, 2.24) is 0 Å². The van der Waals surface area contributed by atoms with Crippen LogP contribution in [-0.2, 0) is 0 Å². The van der Waals surface area contributed by atoms with Crippen molar-refractivity contribution < 1.29 is 14.7 Å². The Kier molecular flexibility index (Phi) is 2.88. The molecule has 4 rings (SSSR count). The Morgan fingerprint density at radius 2 is 1.09 bits per heavy atom. The predicted molar refractivity (Wildman–Crippen MR) is 86.8 cm³/mol. The van der Waals surface area contributed by atoms with Gasteiger partial charge in [0.05, 0.1) is 0 Å². The van der Waals surface area contributed by atoms with Crippen LogP contribution in [0.5, 0.6) is 5.75 Å². The number of para-hydroxylation sites is 1. The number of hydrogen-bond acceptors (Lipinski definition) is 3. The van der Waals surface area contributed by atoms with Crippen molar-refractivity contribution in [2.45, 2.75) is 0 Å². The summed E-state index contributed by atoms with van der Waals surface area (Å²) in [7, 11) is 0. The van der Waals surface area contributed by atoms with E-state index in [1.165, 1.54) is 0 Å². The smallest absolute Gasteiger partial charge is 0.194 e. The highest BCUT2D eigenvalue weighted by Crippen LogP contribution is 2.33. The Bertz CT molecular complexity index is 970. The predicted octanol–water partition coefficient (Wildman–Crippen LogP) is 3.83. The average Bonchev–Trinajstić information content (AvgIpc) is 2.60. The van der Waals surface area contributed by atoms with Crippen LogP contribution in [0.3, 0.4) is 0 Å². The fourth-order valence-electron chi connectivity index (χ4n) is 2.98. The molecule has 3 aromatic carbocycles. The van der Waals surface area contributed by atoms with E-state index in [-0.39, 0.29) is 17.3 Å². The standard InChI is InChI=1S/C20H12O3/c21-18-8-4-3-5-13(18)12-9-10-16-17(11-12)20(23)15-7-2-1-6-14(15)19(16)22/h1-11,21H. The Morgan fingerprint density at radius 3 is 1.74 bits per heavy atom. The Balaban J connectivity index is 1.92. The van der Waals surface area contributed by atoms with Crippen molar-refractivity contribution >= 4 is 11.6 Å². The van der Waals surface area contributed by atoms with Gasteiger partial charge in [-0.1, -0.05) is 48.5 Å². The fourth-order valence-corrected chi connectivity index (χ4v) is 2.98. The number of ketones is 2. The van der Waals surface area contributed by atoms with Gasteiger partial charge in [0.25, 0.3) is 0 Å². The molecule has 1 N–H and O–H groups in total. The summed E-state index contributed by atoms with van der Waals surface area (Å²) in [6, 6.07) is 18.9. The van der Waals surface area contributed by atoms with Crippen LogP contribution in [0.2, 0.25) is 0 Å². The zero-order chi connectivity index (χ0) is 16.0. The first-order valence-corrected chi connectivity index (χ1v) is 7.27. The number of aromatic hydroxyl groups is 1. The molecule has 1 aliphatic rings. The lowest BCUT2D eigenvalue weighted by atomic mass is 9.83. The number of phenols is 1. The zero-order valence-corrected chi connectivity index (χ0v) is 12.1. The van der Waals surface area contributed by atoms with E-state index in [0.717, 1.165) is 0 Å². The fraction of sp³-hybridized carbons (Fsp3) is 0. The summed E-state index contributed by atoms with van der Waals surface area (Å²) >= 11 is 0. The number of carbonyl (C=O) groups is 2. The third kappa shape index (κ3) is 1.98. The monoisotopic (exact) mass is 300 g/mol. The van der Waals surface area contributed by atoms with E-state index in [2.05, 4.69) is 0 Å². The molecule has 23 heavy (non-hydrogen) atoms. The zero-order valence-electron chi connectivity index (χ0n) is 12.1. The molecule has 0 radical (unpaired) electrons. The van der Waals surface area contributed by atoms with Crippen molar-refractivity contribution in [3.05, 3.63) is 89.0 Å². The van der Waals surface area contributed by atoms with Gasteiger partial charge >= 0.3 is 0 Å². The largest absolute Gasteiger partial charge is 0.507 e. The van der Waals surface area contributed by atoms with Crippen LogP contribution < -0.4 is 0 Å². The molecule has 0 amide bonds. The molecule has 0 saturated carbocycles. The number of benzene rings is 3. The normalized spacial score (nSPS) is 12.7. The van der Waals surface area contributed by atoms with Crippen LogP contribution in [0.25, 0.3) is 11.1 Å². The molecule has 0 heterocycles. The van der Waals surface area contributed by atoms with Crippen molar-refractivity contribution in [3.63, 3.8) is 0 Å². The summed E-state index contributed by atoms with van der Waals surface area (Å²) in [5, 5.41) is 9.99. The van der Waals surface area contributed by atoms with Crippen LogP contribution in [0.15, 0.2) is 66.7 Å². The topological polar surface area (TPSA) is 54.4 Å². The van der Waals surface area contributed by atoms with Crippen molar-refractivity contribution in [2.75, 3.05) is 0 Å². The molecule has 110 valence electrons. The summed E-state index contributed by atoms with van der Waals surface area (Å²) in [5.41, 5.74) is 3.01. The maximum absolute atomic E-state index is 12.7. The summed E-state index contributed by atoms with van der Waals surface area (Å²) in [6.45, 7) is 0. The van der Waals surface area contributed by atoms with Gasteiger partial charge in [-0.2, -0.15) is 0 Å². The highest BCUT2D eigenvalue weighted by Gasteiger charge is 2.29. The minimum Gasteiger partial charge on any atom is -0.507 e. The van der Waals surface area contributed by atoms with Crippen molar-refractivity contribution in [2.24, 2.45) is 0 Å². The Morgan fingerprint density at radius 1 is 0.565 bits per heavy atom. The van der Waals surface area contributed by atoms with Gasteiger partial charge in [0.1, 0.15) is 5.75 Å². The van der Waals surface area contributed by atoms with Crippen LogP contribution in [0.4, 0.5) is 0 Å². The highest BCUT2D eigenvalue weighted by molar-refractivity contribution is 6.28. The Labute approximate surface area is 132 Å². The first kappa shape index (κ1) is 13.5. The van der Waals surface area contributed by atoms with E-state index in [1.54, 1.807) is 60.7 Å². The summed E-state index contributed by atoms with van der Waals surface area (Å²) in [5.74, 6) is -0.158. The summed E-state index contributed by atoms with van der Waals surface area (Å²) < 4.78 is 0. The molecular formula is C20H12O3. The lowest BCUT2D eigenvalue weighted by molar-refractivity contribution is 0.0979. The molecule has 0 bridgehead atoms. The maximum atomic E-state index is 12.7. The van der Waals surface area contributed by atoms with Gasteiger partial charge in [-0.05, 0) is 23.8 Å². The molecule has 0 unspecified atom stereocenters. The lowest BCUT2D eigenvalue weighted by Crippen LogP contribution is -2.20. The SMILES string of the molecule is O=C1c2ccccc2C(=O)c2cc(-c3ccccc3O)ccc21. The average molecular weight is 300 g/mol. The van der Waals surface area contributed by atoms with E-state index in [9.17, 15) is 14.7 Å². The van der Waals surface area contributed by atoms with Crippen LogP contribution in [-0.4, -0.2) is 16.7 Å². The molecule has 1 aliphatic carbocycles. The second kappa shape index (κ2) is 4.92. The molecule has 3 aromatic rings. The second-order valence-electron chi connectivity index (χ2n) is 5.48. The third-order valence-corrected chi connectivity index (χ3v) is 4.14. The van der Waals surface area contributed by atoms with E-state index in [0.29, 0.717) is 33.4 Å². The molecule has 0 atom stereocenters.